The van der Waals surface area contributed by atoms with Crippen LogP contribution in [0.1, 0.15) is 17.8 Å². The molecule has 1 N–H and O–H groups in total. The summed E-state index contributed by atoms with van der Waals surface area (Å²) >= 11 is 0. The zero-order valence-electron chi connectivity index (χ0n) is 15.5. The number of nitrogens with one attached hydrogen (secondary N) is 1. The Morgan fingerprint density at radius 3 is 2.93 bits per heavy atom. The molecule has 0 saturated carbocycles. The summed E-state index contributed by atoms with van der Waals surface area (Å²) in [4.78, 5) is 29.1. The van der Waals surface area contributed by atoms with Gasteiger partial charge in [0.1, 0.15) is 5.82 Å². The molecule has 4 rings (SSSR count). The minimum atomic E-state index is -0.128. The zero-order valence-corrected chi connectivity index (χ0v) is 15.5. The monoisotopic (exact) mass is 376 g/mol. The maximum Gasteiger partial charge on any atom is 0.261 e. The summed E-state index contributed by atoms with van der Waals surface area (Å²) in [5.41, 5.74) is 2.31. The molecule has 3 heterocycles. The first-order valence-corrected chi connectivity index (χ1v) is 9.13. The van der Waals surface area contributed by atoms with Crippen LogP contribution in [0, 0.1) is 6.92 Å². The van der Waals surface area contributed by atoms with Gasteiger partial charge in [-0.05, 0) is 30.7 Å². The van der Waals surface area contributed by atoms with Gasteiger partial charge in [0.2, 0.25) is 5.91 Å². The number of benzene rings is 1. The van der Waals surface area contributed by atoms with Gasteiger partial charge >= 0.3 is 0 Å². The van der Waals surface area contributed by atoms with E-state index in [1.54, 1.807) is 6.07 Å². The summed E-state index contributed by atoms with van der Waals surface area (Å²) in [5.74, 6) is 0.672. The predicted molar refractivity (Wildman–Crippen MR) is 105 cm³/mol. The molecule has 0 atom stereocenters. The minimum absolute atomic E-state index is 0.120. The molecule has 3 aromatic heterocycles. The first-order chi connectivity index (χ1) is 13.6. The number of fused-ring (bicyclic) bond motifs is 2. The fourth-order valence-electron chi connectivity index (χ4n) is 3.18. The highest BCUT2D eigenvalue weighted by Crippen LogP contribution is 2.11. The lowest BCUT2D eigenvalue weighted by atomic mass is 10.1. The van der Waals surface area contributed by atoms with Crippen LogP contribution in [-0.2, 0) is 17.8 Å². The molecule has 0 saturated heterocycles. The summed E-state index contributed by atoms with van der Waals surface area (Å²) in [6.07, 6.45) is 4.19. The highest BCUT2D eigenvalue weighted by atomic mass is 16.1. The molecule has 0 spiro atoms. The van der Waals surface area contributed by atoms with E-state index in [1.165, 1.54) is 10.9 Å². The Kier molecular flexibility index (Phi) is 4.84. The van der Waals surface area contributed by atoms with Crippen molar-refractivity contribution in [2.24, 2.45) is 0 Å². The van der Waals surface area contributed by atoms with Gasteiger partial charge in [0.05, 0.1) is 17.2 Å². The molecule has 1 amide bonds. The zero-order chi connectivity index (χ0) is 19.5. The van der Waals surface area contributed by atoms with E-state index >= 15 is 0 Å². The van der Waals surface area contributed by atoms with Crippen LogP contribution in [0.2, 0.25) is 0 Å². The van der Waals surface area contributed by atoms with Gasteiger partial charge < -0.3 is 5.32 Å². The van der Waals surface area contributed by atoms with Gasteiger partial charge in [-0.1, -0.05) is 18.2 Å². The lowest BCUT2D eigenvalue weighted by molar-refractivity contribution is -0.121. The quantitative estimate of drug-likeness (QED) is 0.550. The summed E-state index contributed by atoms with van der Waals surface area (Å²) in [6.45, 7) is 2.67. The normalized spacial score (nSPS) is 11.2. The third-order valence-corrected chi connectivity index (χ3v) is 4.69. The van der Waals surface area contributed by atoms with E-state index in [0.717, 1.165) is 17.0 Å². The van der Waals surface area contributed by atoms with Gasteiger partial charge in [-0.15, -0.1) is 10.2 Å². The van der Waals surface area contributed by atoms with Gasteiger partial charge in [0.25, 0.3) is 5.56 Å². The maximum atomic E-state index is 12.6. The van der Waals surface area contributed by atoms with Crippen LogP contribution in [-0.4, -0.2) is 36.6 Å². The second-order valence-corrected chi connectivity index (χ2v) is 6.61. The average molecular weight is 376 g/mol. The number of hydrogen-bond donors (Lipinski definition) is 1. The standard InChI is InChI=1S/C20H20N6O2/c1-14-5-4-6-15-19(14)22-13-25(20(15)28)12-9-18(27)21-10-8-17-24-23-16-7-2-3-11-26(16)17/h2-7,11,13H,8-10,12H2,1H3,(H,21,27). The van der Waals surface area contributed by atoms with Crippen molar-refractivity contribution < 1.29 is 4.79 Å². The van der Waals surface area contributed by atoms with Crippen LogP contribution in [0.3, 0.4) is 0 Å². The third kappa shape index (κ3) is 3.48. The number of rotatable bonds is 6. The minimum Gasteiger partial charge on any atom is -0.356 e. The van der Waals surface area contributed by atoms with E-state index in [2.05, 4.69) is 20.5 Å². The summed E-state index contributed by atoms with van der Waals surface area (Å²) in [6, 6.07) is 11.2. The second kappa shape index (κ2) is 7.59. The number of aromatic nitrogens is 5. The Hall–Kier alpha value is -3.55. The number of nitrogens with zero attached hydrogens (tertiary/aromatic N) is 5. The molecule has 142 valence electrons. The number of amides is 1. The lowest BCUT2D eigenvalue weighted by Gasteiger charge is -2.08. The van der Waals surface area contributed by atoms with Gasteiger partial charge in [-0.2, -0.15) is 0 Å². The SMILES string of the molecule is Cc1cccc2c(=O)n(CCC(=O)NCCc3nnc4ccccn34)cnc12. The Labute approximate surface area is 160 Å². The van der Waals surface area contributed by atoms with E-state index in [-0.39, 0.29) is 24.4 Å². The van der Waals surface area contributed by atoms with Crippen LogP contribution >= 0.6 is 0 Å². The molecule has 0 radical (unpaired) electrons. The Bertz CT molecular complexity index is 1210. The van der Waals surface area contributed by atoms with Crippen molar-refractivity contribution in [3.05, 3.63) is 70.7 Å². The summed E-state index contributed by atoms with van der Waals surface area (Å²) < 4.78 is 3.38. The number of pyridine rings is 1. The van der Waals surface area contributed by atoms with Crippen molar-refractivity contribution in [1.82, 2.24) is 29.5 Å². The fraction of sp³-hybridized carbons (Fsp3) is 0.250. The van der Waals surface area contributed by atoms with Crippen LogP contribution in [0.25, 0.3) is 16.6 Å². The van der Waals surface area contributed by atoms with E-state index in [4.69, 9.17) is 0 Å². The molecule has 8 heteroatoms. The van der Waals surface area contributed by atoms with Gasteiger partial charge in [-0.3, -0.25) is 18.6 Å². The highest BCUT2D eigenvalue weighted by Gasteiger charge is 2.09. The second-order valence-electron chi connectivity index (χ2n) is 6.61. The van der Waals surface area contributed by atoms with E-state index in [1.807, 2.05) is 47.9 Å². The molecule has 0 aliphatic heterocycles. The molecule has 1 aromatic carbocycles. The Morgan fingerprint density at radius 1 is 1.14 bits per heavy atom. The van der Waals surface area contributed by atoms with Crippen molar-refractivity contribution in [2.45, 2.75) is 26.3 Å². The van der Waals surface area contributed by atoms with Crippen LogP contribution in [0.4, 0.5) is 0 Å². The van der Waals surface area contributed by atoms with Crippen LogP contribution in [0.15, 0.2) is 53.7 Å². The maximum absolute atomic E-state index is 12.6. The number of carbonyl (C=O) groups is 1. The molecule has 0 unspecified atom stereocenters. The molecule has 8 nitrogen and oxygen atoms in total. The molecule has 4 aromatic rings. The van der Waals surface area contributed by atoms with Crippen LogP contribution < -0.4 is 10.9 Å². The fourth-order valence-corrected chi connectivity index (χ4v) is 3.18. The molecular weight excluding hydrogens is 356 g/mol. The summed E-state index contributed by atoms with van der Waals surface area (Å²) in [5, 5.41) is 11.7. The summed E-state index contributed by atoms with van der Waals surface area (Å²) in [7, 11) is 0. The van der Waals surface area contributed by atoms with Crippen molar-refractivity contribution in [3.8, 4) is 0 Å². The lowest BCUT2D eigenvalue weighted by Crippen LogP contribution is -2.29. The molecule has 0 fully saturated rings. The first kappa shape index (κ1) is 17.8. The predicted octanol–water partition coefficient (Wildman–Crippen LogP) is 1.50. The van der Waals surface area contributed by atoms with Gasteiger partial charge in [-0.25, -0.2) is 4.98 Å². The Balaban J connectivity index is 1.34. The average Bonchev–Trinajstić information content (AvgIpc) is 3.11. The molecule has 0 aliphatic carbocycles. The van der Waals surface area contributed by atoms with E-state index in [0.29, 0.717) is 23.9 Å². The highest BCUT2D eigenvalue weighted by molar-refractivity contribution is 5.80. The van der Waals surface area contributed by atoms with Crippen molar-refractivity contribution in [2.75, 3.05) is 6.54 Å². The first-order valence-electron chi connectivity index (χ1n) is 9.13. The number of para-hydroxylation sites is 1. The Morgan fingerprint density at radius 2 is 2.04 bits per heavy atom. The molecule has 0 aliphatic rings. The third-order valence-electron chi connectivity index (χ3n) is 4.69. The topological polar surface area (TPSA) is 94.2 Å². The van der Waals surface area contributed by atoms with Crippen LogP contribution in [0.5, 0.6) is 0 Å². The number of carbonyl (C=O) groups excluding carboxylic acids is 1. The smallest absolute Gasteiger partial charge is 0.261 e. The van der Waals surface area contributed by atoms with Crippen molar-refractivity contribution >= 4 is 22.5 Å². The largest absolute Gasteiger partial charge is 0.356 e. The number of hydrogen-bond acceptors (Lipinski definition) is 5. The van der Waals surface area contributed by atoms with E-state index < -0.39 is 0 Å². The van der Waals surface area contributed by atoms with Gasteiger partial charge in [0, 0.05) is 32.1 Å². The van der Waals surface area contributed by atoms with Gasteiger partial charge in [0.15, 0.2) is 5.65 Å². The molecule has 0 bridgehead atoms. The van der Waals surface area contributed by atoms with E-state index in [9.17, 15) is 9.59 Å². The van der Waals surface area contributed by atoms with Crippen molar-refractivity contribution in [1.29, 1.82) is 0 Å². The number of aryl methyl sites for hydroxylation is 2. The molecule has 28 heavy (non-hydrogen) atoms. The molecular formula is C20H20N6O2. The van der Waals surface area contributed by atoms with Crippen molar-refractivity contribution in [3.63, 3.8) is 0 Å².